The second-order valence-corrected chi connectivity index (χ2v) is 7.86. The largest absolute Gasteiger partial charge is 0.460 e. The highest BCUT2D eigenvalue weighted by molar-refractivity contribution is 7.98. The van der Waals surface area contributed by atoms with Gasteiger partial charge in [0.05, 0.1) is 6.61 Å². The molecule has 3 aromatic heterocycles. The minimum Gasteiger partial charge on any atom is -0.460 e. The number of carbonyl (C=O) groups is 1. The minimum absolute atomic E-state index is 0.0399. The van der Waals surface area contributed by atoms with Gasteiger partial charge in [0.1, 0.15) is 12.1 Å². The Bertz CT molecular complexity index is 1310. The van der Waals surface area contributed by atoms with Crippen molar-refractivity contribution in [3.8, 4) is 5.88 Å². The molecule has 0 unspecified atom stereocenters. The van der Waals surface area contributed by atoms with Gasteiger partial charge < -0.3 is 9.15 Å². The van der Waals surface area contributed by atoms with Crippen LogP contribution >= 0.6 is 11.8 Å². The van der Waals surface area contributed by atoms with Crippen molar-refractivity contribution in [2.75, 3.05) is 6.61 Å². The molecule has 0 radical (unpaired) electrons. The molecule has 0 aliphatic rings. The number of ether oxygens (including phenoxy) is 1. The minimum atomic E-state index is -0.583. The SMILES string of the molecule is CCOC(=O)c1ccc(-n2cc(Cc3cncnc3)c(=O)nc2SCc2ccc(F)cc2)o1. The number of hydrogen-bond donors (Lipinski definition) is 0. The van der Waals surface area contributed by atoms with Gasteiger partial charge in [-0.25, -0.2) is 19.2 Å². The van der Waals surface area contributed by atoms with E-state index in [1.807, 2.05) is 0 Å². The van der Waals surface area contributed by atoms with Crippen molar-refractivity contribution in [1.29, 1.82) is 0 Å². The molecule has 0 spiro atoms. The summed E-state index contributed by atoms with van der Waals surface area (Å²) in [6, 6.07) is 9.19. The van der Waals surface area contributed by atoms with E-state index in [1.165, 1.54) is 36.3 Å². The summed E-state index contributed by atoms with van der Waals surface area (Å²) in [6.07, 6.45) is 6.57. The predicted molar refractivity (Wildman–Crippen MR) is 119 cm³/mol. The van der Waals surface area contributed by atoms with Crippen LogP contribution in [0, 0.1) is 5.82 Å². The Kier molecular flexibility index (Phi) is 6.94. The first kappa shape index (κ1) is 22.4. The number of carbonyl (C=O) groups excluding carboxylic acids is 1. The number of benzene rings is 1. The van der Waals surface area contributed by atoms with Gasteiger partial charge in [0.15, 0.2) is 5.16 Å². The van der Waals surface area contributed by atoms with Crippen LogP contribution in [0.25, 0.3) is 5.88 Å². The summed E-state index contributed by atoms with van der Waals surface area (Å²) >= 11 is 1.29. The smallest absolute Gasteiger partial charge is 0.374 e. The maximum atomic E-state index is 13.2. The second kappa shape index (κ2) is 10.2. The van der Waals surface area contributed by atoms with Crippen molar-refractivity contribution in [2.45, 2.75) is 24.3 Å². The molecule has 4 aromatic rings. The summed E-state index contributed by atoms with van der Waals surface area (Å²) in [7, 11) is 0. The van der Waals surface area contributed by atoms with Crippen molar-refractivity contribution < 1.29 is 18.3 Å². The molecule has 0 fully saturated rings. The molecule has 0 atom stereocenters. The van der Waals surface area contributed by atoms with Gasteiger partial charge in [0, 0.05) is 42.4 Å². The molecule has 0 saturated heterocycles. The second-order valence-electron chi connectivity index (χ2n) is 6.92. The molecule has 10 heteroatoms. The van der Waals surface area contributed by atoms with Gasteiger partial charge in [0.2, 0.25) is 11.6 Å². The monoisotopic (exact) mass is 466 g/mol. The maximum absolute atomic E-state index is 13.2. The first-order valence-electron chi connectivity index (χ1n) is 10.0. The summed E-state index contributed by atoms with van der Waals surface area (Å²) in [6.45, 7) is 1.92. The summed E-state index contributed by atoms with van der Waals surface area (Å²) in [4.78, 5) is 37.0. The maximum Gasteiger partial charge on any atom is 0.374 e. The Balaban J connectivity index is 1.69. The van der Waals surface area contributed by atoms with E-state index >= 15 is 0 Å². The zero-order chi connectivity index (χ0) is 23.2. The highest BCUT2D eigenvalue weighted by Gasteiger charge is 2.17. The van der Waals surface area contributed by atoms with Gasteiger partial charge in [-0.3, -0.25) is 9.36 Å². The van der Waals surface area contributed by atoms with Crippen molar-refractivity contribution in [2.24, 2.45) is 0 Å². The number of nitrogens with zero attached hydrogens (tertiary/aromatic N) is 4. The standard InChI is InChI=1S/C23H19FN4O4S/c1-2-31-22(30)19-7-8-20(32-19)28-12-17(9-16-10-25-14-26-11-16)21(29)27-23(28)33-13-15-3-5-18(24)6-4-15/h3-8,10-12,14H,2,9,13H2,1H3. The van der Waals surface area contributed by atoms with Crippen LogP contribution in [0.15, 0.2) is 75.7 Å². The summed E-state index contributed by atoms with van der Waals surface area (Å²) in [5.41, 5.74) is 1.62. The third-order valence-corrected chi connectivity index (χ3v) is 5.58. The van der Waals surface area contributed by atoms with Crippen molar-refractivity contribution in [3.05, 3.63) is 99.9 Å². The summed E-state index contributed by atoms with van der Waals surface area (Å²) < 4.78 is 25.5. The fraction of sp³-hybridized carbons (Fsp3) is 0.174. The van der Waals surface area contributed by atoms with Crippen LogP contribution in [0.3, 0.4) is 0 Å². The Morgan fingerprint density at radius 3 is 2.61 bits per heavy atom. The highest BCUT2D eigenvalue weighted by atomic mass is 32.2. The van der Waals surface area contributed by atoms with E-state index in [1.54, 1.807) is 48.3 Å². The number of hydrogen-bond acceptors (Lipinski definition) is 8. The topological polar surface area (TPSA) is 100 Å². The normalized spacial score (nSPS) is 10.8. The van der Waals surface area contributed by atoms with Crippen LogP contribution in [-0.2, 0) is 16.9 Å². The fourth-order valence-electron chi connectivity index (χ4n) is 3.00. The third kappa shape index (κ3) is 5.53. The van der Waals surface area contributed by atoms with Gasteiger partial charge in [-0.05, 0) is 36.2 Å². The first-order chi connectivity index (χ1) is 16.0. The Labute approximate surface area is 192 Å². The van der Waals surface area contributed by atoms with E-state index in [-0.39, 0.29) is 24.6 Å². The van der Waals surface area contributed by atoms with Gasteiger partial charge >= 0.3 is 5.97 Å². The number of furan rings is 1. The molecule has 1 aromatic carbocycles. The van der Waals surface area contributed by atoms with Crippen molar-refractivity contribution in [3.63, 3.8) is 0 Å². The summed E-state index contributed by atoms with van der Waals surface area (Å²) in [5.74, 6) is -0.116. The zero-order valence-electron chi connectivity index (χ0n) is 17.6. The molecule has 0 amide bonds. The number of thioether (sulfide) groups is 1. The molecule has 3 heterocycles. The number of rotatable bonds is 8. The lowest BCUT2D eigenvalue weighted by atomic mass is 10.1. The summed E-state index contributed by atoms with van der Waals surface area (Å²) in [5, 5.41) is 0.363. The average Bonchev–Trinajstić information content (AvgIpc) is 3.31. The van der Waals surface area contributed by atoms with Crippen LogP contribution in [0.2, 0.25) is 0 Å². The molecular formula is C23H19FN4O4S. The van der Waals surface area contributed by atoms with E-state index in [9.17, 15) is 14.0 Å². The van der Waals surface area contributed by atoms with Crippen LogP contribution in [0.1, 0.15) is 34.2 Å². The van der Waals surface area contributed by atoms with Gasteiger partial charge in [-0.2, -0.15) is 4.98 Å². The lowest BCUT2D eigenvalue weighted by Gasteiger charge is -2.12. The third-order valence-electron chi connectivity index (χ3n) is 4.56. The molecule has 0 saturated carbocycles. The van der Waals surface area contributed by atoms with Crippen LogP contribution in [0.4, 0.5) is 4.39 Å². The van der Waals surface area contributed by atoms with Gasteiger partial charge in [-0.15, -0.1) is 0 Å². The lowest BCUT2D eigenvalue weighted by Crippen LogP contribution is -2.19. The number of halogens is 1. The van der Waals surface area contributed by atoms with E-state index in [2.05, 4.69) is 15.0 Å². The predicted octanol–water partition coefficient (Wildman–Crippen LogP) is 3.81. The van der Waals surface area contributed by atoms with Gasteiger partial charge in [-0.1, -0.05) is 23.9 Å². The molecule has 168 valence electrons. The molecule has 0 aliphatic heterocycles. The Morgan fingerprint density at radius 2 is 1.88 bits per heavy atom. The van der Waals surface area contributed by atoms with Crippen molar-refractivity contribution >= 4 is 17.7 Å². The van der Waals surface area contributed by atoms with E-state index < -0.39 is 11.5 Å². The van der Waals surface area contributed by atoms with Gasteiger partial charge in [0.25, 0.3) is 5.56 Å². The molecule has 0 aliphatic carbocycles. The highest BCUT2D eigenvalue weighted by Crippen LogP contribution is 2.25. The van der Waals surface area contributed by atoms with Crippen LogP contribution in [-0.4, -0.2) is 32.1 Å². The molecule has 0 N–H and O–H groups in total. The van der Waals surface area contributed by atoms with Crippen LogP contribution < -0.4 is 5.56 Å². The lowest BCUT2D eigenvalue weighted by molar-refractivity contribution is 0.0489. The quantitative estimate of drug-likeness (QED) is 0.220. The van der Waals surface area contributed by atoms with E-state index in [4.69, 9.17) is 9.15 Å². The first-order valence-corrected chi connectivity index (χ1v) is 11.0. The Hall–Kier alpha value is -3.79. The van der Waals surface area contributed by atoms with Crippen LogP contribution in [0.5, 0.6) is 0 Å². The van der Waals surface area contributed by atoms with E-state index in [0.717, 1.165) is 11.1 Å². The average molecular weight is 466 g/mol. The number of aromatic nitrogens is 4. The van der Waals surface area contributed by atoms with Crippen molar-refractivity contribution in [1.82, 2.24) is 19.5 Å². The molecular weight excluding hydrogens is 447 g/mol. The molecule has 8 nitrogen and oxygen atoms in total. The fourth-order valence-corrected chi connectivity index (χ4v) is 3.92. The zero-order valence-corrected chi connectivity index (χ0v) is 18.4. The van der Waals surface area contributed by atoms with E-state index in [0.29, 0.717) is 22.4 Å². The molecule has 4 rings (SSSR count). The number of esters is 1. The Morgan fingerprint density at radius 1 is 1.12 bits per heavy atom. The molecule has 33 heavy (non-hydrogen) atoms. The molecule has 0 bridgehead atoms.